The van der Waals surface area contributed by atoms with E-state index in [1.807, 2.05) is 23.0 Å². The zero-order valence-corrected chi connectivity index (χ0v) is 12.0. The molecule has 5 heteroatoms. The molecule has 22 heavy (non-hydrogen) atoms. The maximum absolute atomic E-state index is 9.06. The van der Waals surface area contributed by atoms with Gasteiger partial charge >= 0.3 is 0 Å². The van der Waals surface area contributed by atoms with Crippen LogP contribution in [0.3, 0.4) is 0 Å². The minimum Gasteiger partial charge on any atom is -0.365 e. The Morgan fingerprint density at radius 2 is 2.00 bits per heavy atom. The van der Waals surface area contributed by atoms with Crippen molar-refractivity contribution in [2.75, 3.05) is 5.32 Å². The van der Waals surface area contributed by atoms with Crippen LogP contribution in [0.5, 0.6) is 0 Å². The van der Waals surface area contributed by atoms with Gasteiger partial charge in [0.15, 0.2) is 0 Å². The van der Waals surface area contributed by atoms with Crippen LogP contribution in [0.1, 0.15) is 16.7 Å². The molecule has 0 amide bonds. The zero-order valence-electron chi connectivity index (χ0n) is 12.0. The summed E-state index contributed by atoms with van der Waals surface area (Å²) in [6, 6.07) is 15.8. The van der Waals surface area contributed by atoms with E-state index in [1.165, 1.54) is 5.56 Å². The van der Waals surface area contributed by atoms with E-state index in [-0.39, 0.29) is 0 Å². The van der Waals surface area contributed by atoms with Gasteiger partial charge < -0.3 is 5.32 Å². The van der Waals surface area contributed by atoms with Crippen molar-refractivity contribution in [3.05, 3.63) is 77.7 Å². The maximum Gasteiger partial charge on any atom is 0.144 e. The topological polar surface area (TPSA) is 66.5 Å². The lowest BCUT2D eigenvalue weighted by Crippen LogP contribution is -2.05. The first kappa shape index (κ1) is 13.8. The fourth-order valence-corrected chi connectivity index (χ4v) is 2.24. The highest BCUT2D eigenvalue weighted by molar-refractivity contribution is 5.51. The molecule has 0 fully saturated rings. The van der Waals surface area contributed by atoms with Gasteiger partial charge in [-0.15, -0.1) is 0 Å². The van der Waals surface area contributed by atoms with Gasteiger partial charge in [-0.3, -0.25) is 4.68 Å². The first-order chi connectivity index (χ1) is 10.8. The molecule has 1 N–H and O–H groups in total. The van der Waals surface area contributed by atoms with Gasteiger partial charge in [0.2, 0.25) is 0 Å². The smallest absolute Gasteiger partial charge is 0.144 e. The fourth-order valence-electron chi connectivity index (χ4n) is 2.24. The summed E-state index contributed by atoms with van der Waals surface area (Å²) >= 11 is 0. The monoisotopic (exact) mass is 289 g/mol. The van der Waals surface area contributed by atoms with Crippen LogP contribution in [0.25, 0.3) is 0 Å². The molecule has 0 radical (unpaired) electrons. The highest BCUT2D eigenvalue weighted by atomic mass is 15.3. The van der Waals surface area contributed by atoms with Crippen LogP contribution in [0.2, 0.25) is 0 Å². The van der Waals surface area contributed by atoms with Crippen LogP contribution in [0.15, 0.2) is 61.1 Å². The predicted octanol–water partition coefficient (Wildman–Crippen LogP) is 2.81. The molecule has 3 rings (SSSR count). The molecule has 0 aliphatic heterocycles. The van der Waals surface area contributed by atoms with E-state index in [0.29, 0.717) is 17.9 Å². The molecule has 1 aromatic carbocycles. The summed E-state index contributed by atoms with van der Waals surface area (Å²) in [6.45, 7) is 1.37. The number of hydrogen-bond acceptors (Lipinski definition) is 4. The number of rotatable bonds is 5. The lowest BCUT2D eigenvalue weighted by molar-refractivity contribution is 0.686. The zero-order chi connectivity index (χ0) is 15.2. The van der Waals surface area contributed by atoms with E-state index in [1.54, 1.807) is 24.5 Å². The molecule has 0 unspecified atom stereocenters. The van der Waals surface area contributed by atoms with Crippen molar-refractivity contribution in [2.24, 2.45) is 0 Å². The molecule has 0 saturated carbocycles. The molecule has 5 nitrogen and oxygen atoms in total. The molecular formula is C17H15N5. The molecule has 0 atom stereocenters. The van der Waals surface area contributed by atoms with Gasteiger partial charge in [-0.05, 0) is 29.3 Å². The number of pyridine rings is 1. The van der Waals surface area contributed by atoms with Gasteiger partial charge in [-0.1, -0.05) is 24.3 Å². The number of nitrogens with one attached hydrogen (secondary N) is 1. The van der Waals surface area contributed by atoms with Crippen molar-refractivity contribution in [2.45, 2.75) is 13.1 Å². The van der Waals surface area contributed by atoms with Gasteiger partial charge in [0.05, 0.1) is 12.1 Å². The Kier molecular flexibility index (Phi) is 4.12. The van der Waals surface area contributed by atoms with Gasteiger partial charge in [-0.2, -0.15) is 10.4 Å². The highest BCUT2D eigenvalue weighted by Gasteiger charge is 2.03. The number of nitrogens with zero attached hydrogens (tertiary/aromatic N) is 4. The Morgan fingerprint density at radius 3 is 2.82 bits per heavy atom. The predicted molar refractivity (Wildman–Crippen MR) is 84.0 cm³/mol. The molecule has 3 aromatic rings. The third-order valence-electron chi connectivity index (χ3n) is 3.28. The Hall–Kier alpha value is -3.13. The summed E-state index contributed by atoms with van der Waals surface area (Å²) in [6.07, 6.45) is 5.39. The van der Waals surface area contributed by atoms with Gasteiger partial charge in [-0.25, -0.2) is 4.98 Å². The number of hydrogen-bond donors (Lipinski definition) is 1. The SMILES string of the molecule is N#Cc1cccnc1NCc1cccc(Cn2cccn2)c1. The Labute approximate surface area is 128 Å². The van der Waals surface area contributed by atoms with Crippen molar-refractivity contribution >= 4 is 5.82 Å². The summed E-state index contributed by atoms with van der Waals surface area (Å²) in [5.41, 5.74) is 2.87. The lowest BCUT2D eigenvalue weighted by atomic mass is 10.1. The second kappa shape index (κ2) is 6.55. The Bertz CT molecular complexity index is 787. The van der Waals surface area contributed by atoms with Crippen LogP contribution < -0.4 is 5.32 Å². The third kappa shape index (κ3) is 3.30. The third-order valence-corrected chi connectivity index (χ3v) is 3.28. The molecular weight excluding hydrogens is 274 g/mol. The Morgan fingerprint density at radius 1 is 1.09 bits per heavy atom. The average molecular weight is 289 g/mol. The first-order valence-electron chi connectivity index (χ1n) is 6.99. The van der Waals surface area contributed by atoms with Gasteiger partial charge in [0.1, 0.15) is 11.9 Å². The van der Waals surface area contributed by atoms with Gasteiger partial charge in [0, 0.05) is 25.1 Å². The number of anilines is 1. The molecule has 2 heterocycles. The van der Waals surface area contributed by atoms with Crippen molar-refractivity contribution in [1.82, 2.24) is 14.8 Å². The largest absolute Gasteiger partial charge is 0.365 e. The summed E-state index contributed by atoms with van der Waals surface area (Å²) in [5, 5.41) is 16.5. The summed E-state index contributed by atoms with van der Waals surface area (Å²) in [7, 11) is 0. The standard InChI is InChI=1S/C17H15N5/c18-11-16-6-2-7-19-17(16)20-12-14-4-1-5-15(10-14)13-22-9-3-8-21-22/h1-10H,12-13H2,(H,19,20). The molecule has 0 aliphatic carbocycles. The second-order valence-corrected chi connectivity index (χ2v) is 4.89. The number of aromatic nitrogens is 3. The number of nitriles is 1. The lowest BCUT2D eigenvalue weighted by Gasteiger charge is -2.09. The van der Waals surface area contributed by atoms with Gasteiger partial charge in [0.25, 0.3) is 0 Å². The van der Waals surface area contributed by atoms with E-state index < -0.39 is 0 Å². The summed E-state index contributed by atoms with van der Waals surface area (Å²) in [4.78, 5) is 4.20. The molecule has 2 aromatic heterocycles. The minimum atomic E-state index is 0.551. The van der Waals surface area contributed by atoms with E-state index in [0.717, 1.165) is 12.1 Å². The first-order valence-corrected chi connectivity index (χ1v) is 6.99. The van der Waals surface area contributed by atoms with Crippen LogP contribution in [-0.2, 0) is 13.1 Å². The molecule has 0 spiro atoms. The minimum absolute atomic E-state index is 0.551. The average Bonchev–Trinajstić information content (AvgIpc) is 3.06. The van der Waals surface area contributed by atoms with Crippen LogP contribution in [0.4, 0.5) is 5.82 Å². The molecule has 108 valence electrons. The quantitative estimate of drug-likeness (QED) is 0.784. The van der Waals surface area contributed by atoms with Crippen molar-refractivity contribution in [3.63, 3.8) is 0 Å². The normalized spacial score (nSPS) is 10.1. The van der Waals surface area contributed by atoms with Crippen LogP contribution >= 0.6 is 0 Å². The molecule has 0 aliphatic rings. The fraction of sp³-hybridized carbons (Fsp3) is 0.118. The maximum atomic E-state index is 9.06. The van der Waals surface area contributed by atoms with E-state index >= 15 is 0 Å². The summed E-state index contributed by atoms with van der Waals surface area (Å²) in [5.74, 6) is 0.613. The van der Waals surface area contributed by atoms with Crippen LogP contribution in [0, 0.1) is 11.3 Å². The van der Waals surface area contributed by atoms with Crippen LogP contribution in [-0.4, -0.2) is 14.8 Å². The summed E-state index contributed by atoms with van der Waals surface area (Å²) < 4.78 is 1.89. The number of benzene rings is 1. The second-order valence-electron chi connectivity index (χ2n) is 4.89. The van der Waals surface area contributed by atoms with Crippen molar-refractivity contribution in [1.29, 1.82) is 5.26 Å². The Balaban J connectivity index is 1.69. The van der Waals surface area contributed by atoms with E-state index in [4.69, 9.17) is 5.26 Å². The molecule has 0 bridgehead atoms. The van der Waals surface area contributed by atoms with Crippen molar-refractivity contribution < 1.29 is 0 Å². The van der Waals surface area contributed by atoms with E-state index in [9.17, 15) is 0 Å². The molecule has 0 saturated heterocycles. The van der Waals surface area contributed by atoms with Crippen molar-refractivity contribution in [3.8, 4) is 6.07 Å². The highest BCUT2D eigenvalue weighted by Crippen LogP contribution is 2.13. The van der Waals surface area contributed by atoms with E-state index in [2.05, 4.69) is 39.7 Å².